The molecule has 0 aliphatic carbocycles. The molecule has 3 fully saturated rings. The molecule has 34 heavy (non-hydrogen) atoms. The molecule has 0 aromatic rings. The monoisotopic (exact) mass is 544 g/mol. The van der Waals surface area contributed by atoms with E-state index >= 15 is 0 Å². The van der Waals surface area contributed by atoms with E-state index in [9.17, 15) is 19.5 Å². The molecule has 0 aromatic heterocycles. The Hall–Kier alpha value is -1.19. The van der Waals surface area contributed by atoms with E-state index in [0.717, 1.165) is 6.42 Å². The quantitative estimate of drug-likeness (QED) is 0.359. The van der Waals surface area contributed by atoms with Crippen LogP contribution >= 0.6 is 15.9 Å². The number of halogens is 1. The highest BCUT2D eigenvalue weighted by Gasteiger charge is 2.77. The topological polar surface area (TPSA) is 105 Å². The van der Waals surface area contributed by atoms with Gasteiger partial charge in [0.1, 0.15) is 11.6 Å². The number of aliphatic hydroxyl groups excluding tert-OH is 1. The van der Waals surface area contributed by atoms with E-state index in [4.69, 9.17) is 9.47 Å². The first-order chi connectivity index (χ1) is 15.6. The highest BCUT2D eigenvalue weighted by molar-refractivity contribution is 9.09. The van der Waals surface area contributed by atoms with Crippen molar-refractivity contribution in [1.82, 2.24) is 10.2 Å². The molecular weight excluding hydrogens is 504 g/mol. The maximum atomic E-state index is 14.0. The van der Waals surface area contributed by atoms with Crippen molar-refractivity contribution in [3.05, 3.63) is 0 Å². The maximum Gasteiger partial charge on any atom is 0.312 e. The van der Waals surface area contributed by atoms with Gasteiger partial charge < -0.3 is 24.8 Å². The molecule has 194 valence electrons. The van der Waals surface area contributed by atoms with Crippen molar-refractivity contribution < 1.29 is 29.0 Å². The van der Waals surface area contributed by atoms with Crippen LogP contribution in [0.5, 0.6) is 0 Å². The Morgan fingerprint density at radius 2 is 1.91 bits per heavy atom. The first-order valence-corrected chi connectivity index (χ1v) is 13.3. The van der Waals surface area contributed by atoms with Gasteiger partial charge in [0.25, 0.3) is 0 Å². The van der Waals surface area contributed by atoms with Crippen LogP contribution in [0.1, 0.15) is 68.2 Å². The second-order valence-electron chi connectivity index (χ2n) is 12.3. The lowest BCUT2D eigenvalue weighted by molar-refractivity contribution is -0.155. The molecule has 3 heterocycles. The van der Waals surface area contributed by atoms with Gasteiger partial charge in [-0.05, 0) is 44.9 Å². The largest absolute Gasteiger partial charge is 0.466 e. The zero-order valence-corrected chi connectivity index (χ0v) is 23.3. The van der Waals surface area contributed by atoms with Crippen molar-refractivity contribution in [3.8, 4) is 0 Å². The summed E-state index contributed by atoms with van der Waals surface area (Å²) < 4.78 is 11.8. The van der Waals surface area contributed by atoms with Gasteiger partial charge in [-0.3, -0.25) is 14.4 Å². The van der Waals surface area contributed by atoms with E-state index < -0.39 is 47.1 Å². The lowest BCUT2D eigenvalue weighted by Gasteiger charge is -2.41. The van der Waals surface area contributed by atoms with Gasteiger partial charge in [-0.15, -0.1) is 0 Å². The molecule has 0 aromatic carbocycles. The number of rotatable bonds is 8. The number of esters is 1. The smallest absolute Gasteiger partial charge is 0.312 e. The van der Waals surface area contributed by atoms with E-state index in [0.29, 0.717) is 6.42 Å². The minimum atomic E-state index is -1.16. The standard InChI is InChI=1S/C25H41BrN2O6/c1-9-33-22(32)16-17-21(31)28(15(11-29)13(2)3)19(25(17)10-14(26)18(16)34-25)20(30)27-24(7,8)12-23(4,5)6/h13-19,29H,9-12H2,1-8H3,(H,27,30)/t14?,15-,16-,17+,18-,19-,25+/m0/s1. The predicted molar refractivity (Wildman–Crippen MR) is 131 cm³/mol. The van der Waals surface area contributed by atoms with Crippen molar-refractivity contribution in [3.63, 3.8) is 0 Å². The van der Waals surface area contributed by atoms with Gasteiger partial charge >= 0.3 is 5.97 Å². The summed E-state index contributed by atoms with van der Waals surface area (Å²) in [5, 5.41) is 13.4. The minimum absolute atomic E-state index is 0.0212. The van der Waals surface area contributed by atoms with Gasteiger partial charge in [0.05, 0.1) is 37.2 Å². The Morgan fingerprint density at radius 3 is 2.41 bits per heavy atom. The van der Waals surface area contributed by atoms with Gasteiger partial charge in [-0.1, -0.05) is 50.5 Å². The Labute approximate surface area is 211 Å². The van der Waals surface area contributed by atoms with Crippen molar-refractivity contribution in [2.24, 2.45) is 23.2 Å². The van der Waals surface area contributed by atoms with Crippen molar-refractivity contribution >= 4 is 33.7 Å². The van der Waals surface area contributed by atoms with Gasteiger partial charge in [0, 0.05) is 10.4 Å². The average Bonchev–Trinajstić information content (AvgIpc) is 3.24. The fourth-order valence-electron chi connectivity index (χ4n) is 6.62. The third kappa shape index (κ3) is 4.64. The highest BCUT2D eigenvalue weighted by atomic mass is 79.9. The normalized spacial score (nSPS) is 33.9. The number of hydrogen-bond acceptors (Lipinski definition) is 6. The van der Waals surface area contributed by atoms with E-state index in [-0.39, 0.29) is 41.2 Å². The molecule has 7 atom stereocenters. The molecular formula is C25H41BrN2O6. The highest BCUT2D eigenvalue weighted by Crippen LogP contribution is 2.60. The lowest BCUT2D eigenvalue weighted by atomic mass is 9.70. The first-order valence-electron chi connectivity index (χ1n) is 12.3. The number of likely N-dealkylation sites (tertiary alicyclic amines) is 1. The zero-order valence-electron chi connectivity index (χ0n) is 21.7. The summed E-state index contributed by atoms with van der Waals surface area (Å²) in [7, 11) is 0. The molecule has 3 saturated heterocycles. The number of carbonyl (C=O) groups is 3. The lowest BCUT2D eigenvalue weighted by Crippen LogP contribution is -2.62. The van der Waals surface area contributed by atoms with Crippen molar-refractivity contribution in [2.45, 2.75) is 102 Å². The van der Waals surface area contributed by atoms with Gasteiger partial charge in [-0.2, -0.15) is 0 Å². The third-order valence-electron chi connectivity index (χ3n) is 7.28. The Bertz CT molecular complexity index is 825. The number of ether oxygens (including phenoxy) is 2. The number of hydrogen-bond donors (Lipinski definition) is 2. The number of aliphatic hydroxyl groups is 1. The SMILES string of the molecule is CCOC(=O)[C@@H]1[C@H]2O[C@@]3(CC2Br)[C@H](C(=O)NC(C)(C)CC(C)(C)C)N([C@@H](CO)C(C)C)C(=O)[C@@H]13. The molecule has 0 saturated carbocycles. The molecule has 2 N–H and O–H groups in total. The molecule has 0 radical (unpaired) electrons. The van der Waals surface area contributed by atoms with Crippen LogP contribution in [-0.4, -0.2) is 75.2 Å². The number of alkyl halides is 1. The predicted octanol–water partition coefficient (Wildman–Crippen LogP) is 2.65. The number of carbonyl (C=O) groups excluding carboxylic acids is 3. The maximum absolute atomic E-state index is 14.0. The first kappa shape index (κ1) is 27.4. The van der Waals surface area contributed by atoms with E-state index in [2.05, 4.69) is 42.0 Å². The molecule has 9 heteroatoms. The molecule has 3 aliphatic rings. The number of fused-ring (bicyclic) bond motifs is 1. The summed E-state index contributed by atoms with van der Waals surface area (Å²) in [6, 6.07) is -1.53. The number of amides is 2. The van der Waals surface area contributed by atoms with Crippen molar-refractivity contribution in [2.75, 3.05) is 13.2 Å². The van der Waals surface area contributed by atoms with Crippen molar-refractivity contribution in [1.29, 1.82) is 0 Å². The molecule has 3 rings (SSSR count). The summed E-state index contributed by atoms with van der Waals surface area (Å²) in [4.78, 5) is 42.2. The van der Waals surface area contributed by atoms with Crippen LogP contribution in [0.3, 0.4) is 0 Å². The summed E-state index contributed by atoms with van der Waals surface area (Å²) in [5.41, 5.74) is -1.71. The molecule has 1 spiro atoms. The van der Waals surface area contributed by atoms with Crippen LogP contribution in [0.25, 0.3) is 0 Å². The number of nitrogens with one attached hydrogen (secondary N) is 1. The van der Waals surface area contributed by atoms with Gasteiger partial charge in [-0.25, -0.2) is 0 Å². The van der Waals surface area contributed by atoms with E-state index in [1.807, 2.05) is 27.7 Å². The zero-order chi connectivity index (χ0) is 25.8. The van der Waals surface area contributed by atoms with Gasteiger partial charge in [0.2, 0.25) is 11.8 Å². The molecule has 2 amide bonds. The Kier molecular flexibility index (Phi) is 7.54. The van der Waals surface area contributed by atoms with Gasteiger partial charge in [0.15, 0.2) is 0 Å². The third-order valence-corrected chi connectivity index (χ3v) is 8.13. The molecule has 2 bridgehead atoms. The van der Waals surface area contributed by atoms with Crippen LogP contribution in [0.2, 0.25) is 0 Å². The molecule has 3 aliphatic heterocycles. The summed E-state index contributed by atoms with van der Waals surface area (Å²) >= 11 is 3.64. The second kappa shape index (κ2) is 9.36. The Morgan fingerprint density at radius 1 is 1.29 bits per heavy atom. The summed E-state index contributed by atoms with van der Waals surface area (Å²) in [6.45, 7) is 15.7. The van der Waals surface area contributed by atoms with E-state index in [1.54, 1.807) is 6.92 Å². The molecule has 1 unspecified atom stereocenters. The minimum Gasteiger partial charge on any atom is -0.466 e. The van der Waals surface area contributed by atoms with Crippen LogP contribution in [-0.2, 0) is 23.9 Å². The molecule has 8 nitrogen and oxygen atoms in total. The fourth-order valence-corrected chi connectivity index (χ4v) is 7.57. The number of nitrogens with zero attached hydrogens (tertiary/aromatic N) is 1. The average molecular weight is 546 g/mol. The van der Waals surface area contributed by atoms with Crippen LogP contribution in [0.15, 0.2) is 0 Å². The van der Waals surface area contributed by atoms with Crippen LogP contribution < -0.4 is 5.32 Å². The summed E-state index contributed by atoms with van der Waals surface area (Å²) in [5.74, 6) is -2.81. The Balaban J connectivity index is 2.07. The van der Waals surface area contributed by atoms with E-state index in [1.165, 1.54) is 4.90 Å². The van der Waals surface area contributed by atoms with Crippen LogP contribution in [0.4, 0.5) is 0 Å². The summed E-state index contributed by atoms with van der Waals surface area (Å²) in [6.07, 6.45) is 0.612. The van der Waals surface area contributed by atoms with Crippen LogP contribution in [0, 0.1) is 23.2 Å². The fraction of sp³-hybridized carbons (Fsp3) is 0.880. The second-order valence-corrected chi connectivity index (χ2v) is 13.4.